The van der Waals surface area contributed by atoms with Crippen LogP contribution in [0.4, 0.5) is 13.2 Å². The van der Waals surface area contributed by atoms with E-state index in [1.54, 1.807) is 0 Å². The summed E-state index contributed by atoms with van der Waals surface area (Å²) >= 11 is 8.41. The van der Waals surface area contributed by atoms with Gasteiger partial charge in [-0.2, -0.15) is 13.2 Å². The average Bonchev–Trinajstić information content (AvgIpc) is 2.76. The molecule has 2 nitrogen and oxygen atoms in total. The molecule has 0 fully saturated rings. The Hall–Kier alpha value is -1.01. The number of nitrogens with zero attached hydrogens (tertiary/aromatic N) is 1. The van der Waals surface area contributed by atoms with Crippen LogP contribution in [0, 0.1) is 0 Å². The van der Waals surface area contributed by atoms with Crippen molar-refractivity contribution in [3.63, 3.8) is 0 Å². The molecule has 0 radical (unpaired) electrons. The molecule has 0 aliphatic heterocycles. The van der Waals surface area contributed by atoms with Crippen molar-refractivity contribution < 1.29 is 17.6 Å². The maximum atomic E-state index is 12.7. The zero-order valence-corrected chi connectivity index (χ0v) is 11.1. The molecule has 18 heavy (non-hydrogen) atoms. The molecule has 0 N–H and O–H groups in total. The van der Waals surface area contributed by atoms with Crippen LogP contribution in [0.15, 0.2) is 33.4 Å². The highest BCUT2D eigenvalue weighted by Crippen LogP contribution is 2.37. The van der Waals surface area contributed by atoms with Gasteiger partial charge < -0.3 is 4.42 Å². The van der Waals surface area contributed by atoms with Gasteiger partial charge in [-0.3, -0.25) is 0 Å². The van der Waals surface area contributed by atoms with E-state index in [1.807, 2.05) is 0 Å². The predicted molar refractivity (Wildman–Crippen MR) is 64.2 cm³/mol. The lowest BCUT2D eigenvalue weighted by Crippen LogP contribution is -2.06. The van der Waals surface area contributed by atoms with Crippen LogP contribution in [0.25, 0.3) is 11.5 Å². The van der Waals surface area contributed by atoms with E-state index in [1.165, 1.54) is 18.4 Å². The third-order valence-corrected chi connectivity index (χ3v) is 3.17. The molecule has 0 aliphatic carbocycles. The Bertz CT molecular complexity index is 568. The molecule has 0 spiro atoms. The summed E-state index contributed by atoms with van der Waals surface area (Å²) in [4.78, 5) is 3.97. The Morgan fingerprint density at radius 1 is 1.33 bits per heavy atom. The molecule has 0 amide bonds. The SMILES string of the molecule is FC(F)(F)c1cc(-c2nc(CCl)co2)ccc1Br. The number of hydrogen-bond acceptors (Lipinski definition) is 2. The van der Waals surface area contributed by atoms with Crippen LogP contribution in [0.1, 0.15) is 11.3 Å². The molecule has 1 aromatic carbocycles. The van der Waals surface area contributed by atoms with Gasteiger partial charge in [0, 0.05) is 10.0 Å². The van der Waals surface area contributed by atoms with E-state index < -0.39 is 11.7 Å². The standard InChI is InChI=1S/C11H6BrClF3NO/c12-9-2-1-6(3-8(9)11(14,15)16)10-17-7(4-13)5-18-10/h1-3,5H,4H2. The maximum absolute atomic E-state index is 12.7. The monoisotopic (exact) mass is 339 g/mol. The number of oxazole rings is 1. The number of alkyl halides is 4. The molecule has 0 saturated carbocycles. The minimum absolute atomic E-state index is 0.0251. The minimum Gasteiger partial charge on any atom is -0.444 e. The van der Waals surface area contributed by atoms with E-state index in [-0.39, 0.29) is 21.8 Å². The van der Waals surface area contributed by atoms with Gasteiger partial charge in [0.25, 0.3) is 0 Å². The summed E-state index contributed by atoms with van der Waals surface area (Å²) in [5, 5.41) is 0. The van der Waals surface area contributed by atoms with Gasteiger partial charge in [0.15, 0.2) is 0 Å². The first-order valence-electron chi connectivity index (χ1n) is 4.79. The number of halogens is 5. The fourth-order valence-electron chi connectivity index (χ4n) is 1.38. The number of hydrogen-bond donors (Lipinski definition) is 0. The smallest absolute Gasteiger partial charge is 0.417 e. The second-order valence-corrected chi connectivity index (χ2v) is 4.59. The van der Waals surface area contributed by atoms with Crippen LogP contribution in [-0.4, -0.2) is 4.98 Å². The second-order valence-electron chi connectivity index (χ2n) is 3.47. The van der Waals surface area contributed by atoms with Crippen molar-refractivity contribution in [2.75, 3.05) is 0 Å². The van der Waals surface area contributed by atoms with Gasteiger partial charge >= 0.3 is 6.18 Å². The van der Waals surface area contributed by atoms with E-state index in [0.29, 0.717) is 5.69 Å². The minimum atomic E-state index is -4.43. The fraction of sp³-hybridized carbons (Fsp3) is 0.182. The first kappa shape index (κ1) is 13.4. The van der Waals surface area contributed by atoms with Gasteiger partial charge in [-0.05, 0) is 18.2 Å². The first-order valence-corrected chi connectivity index (χ1v) is 6.12. The summed E-state index contributed by atoms with van der Waals surface area (Å²) in [7, 11) is 0. The molecule has 2 aromatic rings. The van der Waals surface area contributed by atoms with Gasteiger partial charge in [-0.1, -0.05) is 15.9 Å². The molecule has 0 saturated heterocycles. The third kappa shape index (κ3) is 2.70. The molecule has 1 aromatic heterocycles. The van der Waals surface area contributed by atoms with Crippen molar-refractivity contribution in [2.45, 2.75) is 12.1 Å². The zero-order chi connectivity index (χ0) is 13.3. The van der Waals surface area contributed by atoms with Crippen molar-refractivity contribution in [3.8, 4) is 11.5 Å². The van der Waals surface area contributed by atoms with E-state index in [0.717, 1.165) is 6.07 Å². The van der Waals surface area contributed by atoms with Crippen LogP contribution in [-0.2, 0) is 12.1 Å². The highest BCUT2D eigenvalue weighted by atomic mass is 79.9. The van der Waals surface area contributed by atoms with E-state index in [4.69, 9.17) is 16.0 Å². The van der Waals surface area contributed by atoms with Crippen molar-refractivity contribution in [2.24, 2.45) is 0 Å². The van der Waals surface area contributed by atoms with Crippen molar-refractivity contribution >= 4 is 27.5 Å². The third-order valence-electron chi connectivity index (χ3n) is 2.21. The lowest BCUT2D eigenvalue weighted by Gasteiger charge is -2.09. The molecule has 7 heteroatoms. The molecule has 96 valence electrons. The van der Waals surface area contributed by atoms with Crippen LogP contribution < -0.4 is 0 Å². The van der Waals surface area contributed by atoms with E-state index >= 15 is 0 Å². The summed E-state index contributed by atoms with van der Waals surface area (Å²) in [6.45, 7) is 0. The number of benzene rings is 1. The Kier molecular flexibility index (Phi) is 3.68. The van der Waals surface area contributed by atoms with Gasteiger partial charge in [-0.25, -0.2) is 4.98 Å². The number of rotatable bonds is 2. The molecule has 0 aliphatic rings. The Labute approximate surface area is 114 Å². The van der Waals surface area contributed by atoms with Crippen molar-refractivity contribution in [1.29, 1.82) is 0 Å². The molecule has 0 atom stereocenters. The van der Waals surface area contributed by atoms with Crippen LogP contribution in [0.3, 0.4) is 0 Å². The van der Waals surface area contributed by atoms with E-state index in [2.05, 4.69) is 20.9 Å². The predicted octanol–water partition coefficient (Wildman–Crippen LogP) is 4.86. The van der Waals surface area contributed by atoms with E-state index in [9.17, 15) is 13.2 Å². The molecular formula is C11H6BrClF3NO. The largest absolute Gasteiger partial charge is 0.444 e. The van der Waals surface area contributed by atoms with Gasteiger partial charge in [0.1, 0.15) is 6.26 Å². The lowest BCUT2D eigenvalue weighted by atomic mass is 10.1. The zero-order valence-electron chi connectivity index (χ0n) is 8.76. The lowest BCUT2D eigenvalue weighted by molar-refractivity contribution is -0.138. The normalized spacial score (nSPS) is 11.8. The number of aromatic nitrogens is 1. The van der Waals surface area contributed by atoms with Gasteiger partial charge in [0.05, 0.1) is 17.1 Å². The molecule has 1 heterocycles. The van der Waals surface area contributed by atoms with Gasteiger partial charge in [0.2, 0.25) is 5.89 Å². The highest BCUT2D eigenvalue weighted by molar-refractivity contribution is 9.10. The molecule has 0 bridgehead atoms. The summed E-state index contributed by atoms with van der Waals surface area (Å²) in [6, 6.07) is 3.78. The van der Waals surface area contributed by atoms with Crippen LogP contribution in [0.2, 0.25) is 0 Å². The van der Waals surface area contributed by atoms with Crippen molar-refractivity contribution in [1.82, 2.24) is 4.98 Å². The van der Waals surface area contributed by atoms with Crippen LogP contribution >= 0.6 is 27.5 Å². The average molecular weight is 341 g/mol. The Balaban J connectivity index is 2.47. The summed E-state index contributed by atoms with van der Waals surface area (Å²) in [5.74, 6) is 0.259. The first-order chi connectivity index (χ1) is 8.41. The highest BCUT2D eigenvalue weighted by Gasteiger charge is 2.33. The Morgan fingerprint density at radius 2 is 2.06 bits per heavy atom. The van der Waals surface area contributed by atoms with Crippen LogP contribution in [0.5, 0.6) is 0 Å². The summed E-state index contributed by atoms with van der Waals surface area (Å²) < 4.78 is 43.2. The second kappa shape index (κ2) is 4.93. The quantitative estimate of drug-likeness (QED) is 0.730. The molecular weight excluding hydrogens is 334 g/mol. The summed E-state index contributed by atoms with van der Waals surface area (Å²) in [5.41, 5.74) is -0.0457. The maximum Gasteiger partial charge on any atom is 0.417 e. The van der Waals surface area contributed by atoms with Gasteiger partial charge in [-0.15, -0.1) is 11.6 Å². The topological polar surface area (TPSA) is 26.0 Å². The molecule has 0 unspecified atom stereocenters. The summed E-state index contributed by atoms with van der Waals surface area (Å²) in [6.07, 6.45) is -3.12. The Morgan fingerprint density at radius 3 is 2.61 bits per heavy atom. The van der Waals surface area contributed by atoms with Crippen molar-refractivity contribution in [3.05, 3.63) is 40.2 Å². The fourth-order valence-corrected chi connectivity index (χ4v) is 1.97. The molecule has 2 rings (SSSR count).